The summed E-state index contributed by atoms with van der Waals surface area (Å²) in [4.78, 5) is 25.0. The Balaban J connectivity index is 1.68. The molecule has 1 aliphatic carbocycles. The van der Waals surface area contributed by atoms with Crippen LogP contribution in [0.1, 0.15) is 36.8 Å². The highest BCUT2D eigenvalue weighted by molar-refractivity contribution is 5.86. The molecule has 27 heavy (non-hydrogen) atoms. The van der Waals surface area contributed by atoms with E-state index in [0.29, 0.717) is 0 Å². The van der Waals surface area contributed by atoms with Gasteiger partial charge in [0, 0.05) is 0 Å². The molecule has 5 nitrogen and oxygen atoms in total. The van der Waals surface area contributed by atoms with Crippen LogP contribution in [0.3, 0.4) is 0 Å². The smallest absolute Gasteiger partial charge is 0.318 e. The van der Waals surface area contributed by atoms with Gasteiger partial charge in [-0.25, -0.2) is 0 Å². The van der Waals surface area contributed by atoms with E-state index in [0.717, 1.165) is 24.0 Å². The average molecular weight is 362 g/mol. The molecule has 0 heterocycles. The third-order valence-electron chi connectivity index (χ3n) is 4.87. The summed E-state index contributed by atoms with van der Waals surface area (Å²) >= 11 is 0. The van der Waals surface area contributed by atoms with Crippen molar-refractivity contribution in [3.8, 4) is 6.07 Å². The first kappa shape index (κ1) is 18.7. The number of carbonyl (C=O) groups is 2. The van der Waals surface area contributed by atoms with E-state index in [2.05, 4.69) is 11.4 Å². The Morgan fingerprint density at radius 1 is 1.11 bits per heavy atom. The van der Waals surface area contributed by atoms with E-state index in [1.54, 1.807) is 6.92 Å². The number of nitriles is 1. The molecule has 0 aliphatic heterocycles. The van der Waals surface area contributed by atoms with Crippen LogP contribution >= 0.6 is 0 Å². The molecule has 0 spiro atoms. The lowest BCUT2D eigenvalue weighted by Gasteiger charge is -2.23. The molecule has 1 amide bonds. The molecule has 0 radical (unpaired) electrons. The Morgan fingerprint density at radius 2 is 1.63 bits per heavy atom. The normalized spacial score (nSPS) is 15.4. The van der Waals surface area contributed by atoms with E-state index in [1.807, 2.05) is 60.7 Å². The van der Waals surface area contributed by atoms with Crippen molar-refractivity contribution in [3.05, 3.63) is 71.8 Å². The highest BCUT2D eigenvalue weighted by Gasteiger charge is 2.43. The Hall–Kier alpha value is -3.13. The first-order valence-electron chi connectivity index (χ1n) is 9.02. The summed E-state index contributed by atoms with van der Waals surface area (Å²) in [5, 5.41) is 12.0. The van der Waals surface area contributed by atoms with Gasteiger partial charge < -0.3 is 10.1 Å². The minimum absolute atomic E-state index is 0.170. The molecule has 138 valence electrons. The van der Waals surface area contributed by atoms with Gasteiger partial charge in [-0.3, -0.25) is 9.59 Å². The molecule has 1 saturated carbocycles. The number of ether oxygens (including phenoxy) is 1. The van der Waals surface area contributed by atoms with Gasteiger partial charge in [-0.15, -0.1) is 0 Å². The molecule has 1 N–H and O–H groups in total. The largest absolute Gasteiger partial charge is 0.455 e. The second-order valence-corrected chi connectivity index (χ2v) is 7.00. The van der Waals surface area contributed by atoms with E-state index in [4.69, 9.17) is 4.74 Å². The van der Waals surface area contributed by atoms with Crippen LogP contribution < -0.4 is 5.32 Å². The number of nitrogens with one attached hydrogen (secondary N) is 1. The van der Waals surface area contributed by atoms with E-state index < -0.39 is 29.9 Å². The van der Waals surface area contributed by atoms with Crippen LogP contribution in [0.5, 0.6) is 0 Å². The zero-order valence-electron chi connectivity index (χ0n) is 15.2. The van der Waals surface area contributed by atoms with Crippen LogP contribution in [0.15, 0.2) is 60.7 Å². The highest BCUT2D eigenvalue weighted by Crippen LogP contribution is 2.39. The molecular formula is C22H22N2O3. The molecule has 2 aromatic rings. The van der Waals surface area contributed by atoms with Gasteiger partial charge in [0.1, 0.15) is 11.5 Å². The lowest BCUT2D eigenvalue weighted by atomic mass is 9.91. The van der Waals surface area contributed by atoms with Crippen LogP contribution in [0.25, 0.3) is 0 Å². The molecule has 0 saturated heterocycles. The van der Waals surface area contributed by atoms with Crippen molar-refractivity contribution in [3.63, 3.8) is 0 Å². The highest BCUT2D eigenvalue weighted by atomic mass is 16.5. The van der Waals surface area contributed by atoms with Crippen LogP contribution in [0, 0.1) is 17.2 Å². The fourth-order valence-electron chi connectivity index (χ4n) is 3.18. The van der Waals surface area contributed by atoms with Gasteiger partial charge in [-0.05, 0) is 36.8 Å². The van der Waals surface area contributed by atoms with Gasteiger partial charge in [0.2, 0.25) is 0 Å². The van der Waals surface area contributed by atoms with Gasteiger partial charge in [0.15, 0.2) is 6.61 Å². The molecule has 3 rings (SSSR count). The van der Waals surface area contributed by atoms with Crippen LogP contribution in [0.4, 0.5) is 0 Å². The van der Waals surface area contributed by atoms with Gasteiger partial charge in [0.25, 0.3) is 5.91 Å². The molecule has 0 unspecified atom stereocenters. The third kappa shape index (κ3) is 4.53. The predicted octanol–water partition coefficient (Wildman–Crippen LogP) is 3.17. The van der Waals surface area contributed by atoms with E-state index in [1.165, 1.54) is 0 Å². The molecule has 5 heteroatoms. The molecule has 0 aromatic heterocycles. The Morgan fingerprint density at radius 3 is 2.07 bits per heavy atom. The van der Waals surface area contributed by atoms with Crippen molar-refractivity contribution >= 4 is 11.9 Å². The fourth-order valence-corrected chi connectivity index (χ4v) is 3.18. The predicted molar refractivity (Wildman–Crippen MR) is 101 cm³/mol. The number of hydrogen-bond acceptors (Lipinski definition) is 4. The number of hydrogen-bond donors (Lipinski definition) is 1. The topological polar surface area (TPSA) is 79.2 Å². The number of rotatable bonds is 7. The van der Waals surface area contributed by atoms with Crippen LogP contribution in [-0.4, -0.2) is 24.0 Å². The quantitative estimate of drug-likeness (QED) is 0.767. The number of carbonyl (C=O) groups excluding carboxylic acids is 2. The lowest BCUT2D eigenvalue weighted by Crippen LogP contribution is -2.48. The molecule has 0 bridgehead atoms. The van der Waals surface area contributed by atoms with E-state index in [9.17, 15) is 14.9 Å². The second-order valence-electron chi connectivity index (χ2n) is 7.00. The van der Waals surface area contributed by atoms with Crippen molar-refractivity contribution in [1.82, 2.24) is 5.32 Å². The Kier molecular flexibility index (Phi) is 5.56. The lowest BCUT2D eigenvalue weighted by molar-refractivity contribution is -0.149. The standard InChI is InChI=1S/C22H22N2O3/c1-22(15-23,18-12-13-18)24-19(25)14-27-21(26)20(16-8-4-2-5-9-16)17-10-6-3-7-11-17/h2-11,18,20H,12-14H2,1H3,(H,24,25)/t22-/m1/s1. The van der Waals surface area contributed by atoms with Crippen molar-refractivity contribution in [2.24, 2.45) is 5.92 Å². The average Bonchev–Trinajstić information content (AvgIpc) is 3.54. The number of esters is 1. The second kappa shape index (κ2) is 8.05. The molecule has 2 aromatic carbocycles. The number of amides is 1. The van der Waals surface area contributed by atoms with Crippen molar-refractivity contribution in [2.45, 2.75) is 31.2 Å². The third-order valence-corrected chi connectivity index (χ3v) is 4.87. The first-order chi connectivity index (χ1) is 13.0. The zero-order valence-corrected chi connectivity index (χ0v) is 15.2. The summed E-state index contributed by atoms with van der Waals surface area (Å²) in [5.41, 5.74) is 0.699. The molecule has 1 fully saturated rings. The molecule has 1 atom stereocenters. The minimum atomic E-state index is -0.901. The Labute approximate surface area is 159 Å². The van der Waals surface area contributed by atoms with Crippen molar-refractivity contribution in [2.75, 3.05) is 6.61 Å². The Bertz CT molecular complexity index is 801. The minimum Gasteiger partial charge on any atom is -0.455 e. The number of nitrogens with zero attached hydrogens (tertiary/aromatic N) is 1. The summed E-state index contributed by atoms with van der Waals surface area (Å²) in [6.45, 7) is 1.31. The van der Waals surface area contributed by atoms with Crippen molar-refractivity contribution < 1.29 is 14.3 Å². The van der Waals surface area contributed by atoms with E-state index in [-0.39, 0.29) is 5.92 Å². The first-order valence-corrected chi connectivity index (χ1v) is 9.02. The maximum atomic E-state index is 12.8. The van der Waals surface area contributed by atoms with Gasteiger partial charge >= 0.3 is 5.97 Å². The SMILES string of the molecule is C[C@](C#N)(NC(=O)COC(=O)C(c1ccccc1)c1ccccc1)C1CC1. The van der Waals surface area contributed by atoms with E-state index >= 15 is 0 Å². The summed E-state index contributed by atoms with van der Waals surface area (Å²) in [5.74, 6) is -1.39. The molecular weight excluding hydrogens is 340 g/mol. The zero-order chi connectivity index (χ0) is 19.3. The number of benzene rings is 2. The fraction of sp³-hybridized carbons (Fsp3) is 0.318. The van der Waals surface area contributed by atoms with Crippen molar-refractivity contribution in [1.29, 1.82) is 5.26 Å². The summed E-state index contributed by atoms with van der Waals surface area (Å²) in [7, 11) is 0. The maximum absolute atomic E-state index is 12.8. The van der Waals surface area contributed by atoms with Gasteiger partial charge in [0.05, 0.1) is 6.07 Å². The summed E-state index contributed by atoms with van der Waals surface area (Å²) in [6.07, 6.45) is 1.85. The monoisotopic (exact) mass is 362 g/mol. The maximum Gasteiger partial charge on any atom is 0.318 e. The van der Waals surface area contributed by atoms with Crippen LogP contribution in [-0.2, 0) is 14.3 Å². The molecule has 1 aliphatic rings. The van der Waals surface area contributed by atoms with Gasteiger partial charge in [-0.2, -0.15) is 5.26 Å². The summed E-state index contributed by atoms with van der Waals surface area (Å²) < 4.78 is 5.30. The van der Waals surface area contributed by atoms with Crippen LogP contribution in [0.2, 0.25) is 0 Å². The summed E-state index contributed by atoms with van der Waals surface area (Å²) in [6, 6.07) is 20.8. The van der Waals surface area contributed by atoms with Gasteiger partial charge in [-0.1, -0.05) is 60.7 Å².